The van der Waals surface area contributed by atoms with Gasteiger partial charge in [-0.1, -0.05) is 11.6 Å². The Morgan fingerprint density at radius 1 is 1.50 bits per heavy atom. The first-order valence-corrected chi connectivity index (χ1v) is 6.29. The summed E-state index contributed by atoms with van der Waals surface area (Å²) in [4.78, 5) is 11.5. The van der Waals surface area contributed by atoms with Crippen molar-refractivity contribution in [2.45, 2.75) is 25.3 Å². The molecule has 0 bridgehead atoms. The lowest BCUT2D eigenvalue weighted by Gasteiger charge is -2.08. The van der Waals surface area contributed by atoms with Crippen LogP contribution in [0.5, 0.6) is 0 Å². The summed E-state index contributed by atoms with van der Waals surface area (Å²) in [6.45, 7) is 0.507. The third-order valence-corrected chi connectivity index (χ3v) is 3.04. The standard InChI is InChI=1S/C13H14ClN3O/c14-11-4-1-9(8-15)7-12(11)16-6-5-13(18)17-10-2-3-10/h1,4,7,10,16H,2-3,5-6H2,(H,17,18). The third-order valence-electron chi connectivity index (χ3n) is 2.71. The molecule has 2 rings (SSSR count). The van der Waals surface area contributed by atoms with Crippen molar-refractivity contribution in [1.82, 2.24) is 5.32 Å². The summed E-state index contributed by atoms with van der Waals surface area (Å²) in [5, 5.41) is 15.3. The van der Waals surface area contributed by atoms with Gasteiger partial charge in [-0.25, -0.2) is 0 Å². The van der Waals surface area contributed by atoms with Crippen LogP contribution in [0.25, 0.3) is 0 Å². The van der Waals surface area contributed by atoms with E-state index in [9.17, 15) is 4.79 Å². The van der Waals surface area contributed by atoms with Gasteiger partial charge in [-0.05, 0) is 31.0 Å². The largest absolute Gasteiger partial charge is 0.383 e. The molecular formula is C13H14ClN3O. The number of rotatable bonds is 5. The lowest BCUT2D eigenvalue weighted by Crippen LogP contribution is -2.27. The van der Waals surface area contributed by atoms with Crippen LogP contribution < -0.4 is 10.6 Å². The van der Waals surface area contributed by atoms with Gasteiger partial charge in [-0.3, -0.25) is 4.79 Å². The number of halogens is 1. The number of amides is 1. The molecule has 1 aromatic rings. The van der Waals surface area contributed by atoms with Crippen LogP contribution in [0.15, 0.2) is 18.2 Å². The predicted octanol–water partition coefficient (Wildman–Crippen LogP) is 2.29. The van der Waals surface area contributed by atoms with Crippen molar-refractivity contribution in [2.24, 2.45) is 0 Å². The van der Waals surface area contributed by atoms with Gasteiger partial charge in [0.2, 0.25) is 5.91 Å². The molecule has 4 nitrogen and oxygen atoms in total. The van der Waals surface area contributed by atoms with E-state index in [1.807, 2.05) is 0 Å². The topological polar surface area (TPSA) is 64.9 Å². The first-order valence-electron chi connectivity index (χ1n) is 5.92. The predicted molar refractivity (Wildman–Crippen MR) is 70.4 cm³/mol. The number of nitrogens with one attached hydrogen (secondary N) is 2. The Bertz CT molecular complexity index is 491. The fourth-order valence-corrected chi connectivity index (χ4v) is 1.75. The van der Waals surface area contributed by atoms with E-state index in [-0.39, 0.29) is 5.91 Å². The highest BCUT2D eigenvalue weighted by molar-refractivity contribution is 6.33. The molecule has 0 saturated heterocycles. The lowest BCUT2D eigenvalue weighted by molar-refractivity contribution is -0.120. The van der Waals surface area contributed by atoms with Gasteiger partial charge in [0.15, 0.2) is 0 Å². The molecular weight excluding hydrogens is 250 g/mol. The van der Waals surface area contributed by atoms with Gasteiger partial charge in [0, 0.05) is 19.0 Å². The molecule has 1 aliphatic carbocycles. The molecule has 0 unspecified atom stereocenters. The van der Waals surface area contributed by atoms with Crippen LogP contribution in [-0.2, 0) is 4.79 Å². The third kappa shape index (κ3) is 3.64. The van der Waals surface area contributed by atoms with Gasteiger partial charge < -0.3 is 10.6 Å². The maximum Gasteiger partial charge on any atom is 0.221 e. The average molecular weight is 264 g/mol. The van der Waals surface area contributed by atoms with E-state index < -0.39 is 0 Å². The van der Waals surface area contributed by atoms with E-state index in [1.165, 1.54) is 0 Å². The molecule has 2 N–H and O–H groups in total. The van der Waals surface area contributed by atoms with Gasteiger partial charge >= 0.3 is 0 Å². The molecule has 0 aliphatic heterocycles. The molecule has 0 spiro atoms. The molecule has 0 radical (unpaired) electrons. The summed E-state index contributed by atoms with van der Waals surface area (Å²) in [7, 11) is 0. The number of nitrogens with zero attached hydrogens (tertiary/aromatic N) is 1. The zero-order valence-corrected chi connectivity index (χ0v) is 10.6. The maximum absolute atomic E-state index is 11.5. The van der Waals surface area contributed by atoms with Crippen molar-refractivity contribution in [2.75, 3.05) is 11.9 Å². The summed E-state index contributed by atoms with van der Waals surface area (Å²) in [6, 6.07) is 7.46. The highest BCUT2D eigenvalue weighted by atomic mass is 35.5. The van der Waals surface area contributed by atoms with Crippen molar-refractivity contribution in [3.8, 4) is 6.07 Å². The van der Waals surface area contributed by atoms with Crippen molar-refractivity contribution in [3.63, 3.8) is 0 Å². The summed E-state index contributed by atoms with van der Waals surface area (Å²) in [5.74, 6) is 0.0533. The molecule has 5 heteroatoms. The molecule has 94 valence electrons. The maximum atomic E-state index is 11.5. The van der Waals surface area contributed by atoms with Gasteiger partial charge in [0.05, 0.1) is 22.3 Å². The lowest BCUT2D eigenvalue weighted by atomic mass is 10.2. The molecule has 1 saturated carbocycles. The van der Waals surface area contributed by atoms with Crippen LogP contribution in [0, 0.1) is 11.3 Å². The van der Waals surface area contributed by atoms with Crippen LogP contribution in [0.1, 0.15) is 24.8 Å². The Morgan fingerprint density at radius 2 is 2.28 bits per heavy atom. The second-order valence-electron chi connectivity index (χ2n) is 4.32. The molecule has 0 heterocycles. The number of carbonyl (C=O) groups is 1. The zero-order chi connectivity index (χ0) is 13.0. The SMILES string of the molecule is N#Cc1ccc(Cl)c(NCCC(=O)NC2CC2)c1. The second kappa shape index (κ2) is 5.74. The van der Waals surface area contributed by atoms with Gasteiger partial charge in [0.25, 0.3) is 0 Å². The fourth-order valence-electron chi connectivity index (χ4n) is 1.57. The summed E-state index contributed by atoms with van der Waals surface area (Å²) in [6.07, 6.45) is 2.59. The summed E-state index contributed by atoms with van der Waals surface area (Å²) < 4.78 is 0. The monoisotopic (exact) mass is 263 g/mol. The Balaban J connectivity index is 1.81. The number of hydrogen-bond acceptors (Lipinski definition) is 3. The fraction of sp³-hybridized carbons (Fsp3) is 0.385. The Labute approximate surface area is 111 Å². The Hall–Kier alpha value is -1.73. The number of nitriles is 1. The molecule has 0 aromatic heterocycles. The van der Waals surface area contributed by atoms with Gasteiger partial charge in [0.1, 0.15) is 0 Å². The minimum absolute atomic E-state index is 0.0533. The van der Waals surface area contributed by atoms with Crippen molar-refractivity contribution in [1.29, 1.82) is 5.26 Å². The Kier molecular flexibility index (Phi) is 4.06. The Morgan fingerprint density at radius 3 is 2.94 bits per heavy atom. The number of benzene rings is 1. The molecule has 1 amide bonds. The van der Waals surface area contributed by atoms with E-state index in [1.54, 1.807) is 18.2 Å². The van der Waals surface area contributed by atoms with Gasteiger partial charge in [-0.2, -0.15) is 5.26 Å². The van der Waals surface area contributed by atoms with Crippen LogP contribution in [0.2, 0.25) is 5.02 Å². The summed E-state index contributed by atoms with van der Waals surface area (Å²) in [5.41, 5.74) is 1.24. The quantitative estimate of drug-likeness (QED) is 0.857. The minimum atomic E-state index is 0.0533. The van der Waals surface area contributed by atoms with Crippen LogP contribution in [0.4, 0.5) is 5.69 Å². The number of hydrogen-bond donors (Lipinski definition) is 2. The van der Waals surface area contributed by atoms with Crippen molar-refractivity contribution < 1.29 is 4.79 Å². The highest BCUT2D eigenvalue weighted by Gasteiger charge is 2.22. The number of anilines is 1. The smallest absolute Gasteiger partial charge is 0.221 e. The van der Waals surface area contributed by atoms with Crippen molar-refractivity contribution >= 4 is 23.2 Å². The highest BCUT2D eigenvalue weighted by Crippen LogP contribution is 2.22. The second-order valence-corrected chi connectivity index (χ2v) is 4.73. The number of carbonyl (C=O) groups excluding carboxylic acids is 1. The van der Waals surface area contributed by atoms with E-state index in [0.717, 1.165) is 12.8 Å². The molecule has 1 aromatic carbocycles. The van der Waals surface area contributed by atoms with Crippen LogP contribution in [0.3, 0.4) is 0 Å². The average Bonchev–Trinajstić information content (AvgIpc) is 3.15. The first kappa shape index (κ1) is 12.7. The van der Waals surface area contributed by atoms with E-state index in [2.05, 4.69) is 16.7 Å². The van der Waals surface area contributed by atoms with E-state index in [4.69, 9.17) is 16.9 Å². The normalized spacial score (nSPS) is 13.8. The summed E-state index contributed by atoms with van der Waals surface area (Å²) >= 11 is 5.99. The van der Waals surface area contributed by atoms with Crippen molar-refractivity contribution in [3.05, 3.63) is 28.8 Å². The van der Waals surface area contributed by atoms with Crippen LogP contribution in [-0.4, -0.2) is 18.5 Å². The molecule has 1 fully saturated rings. The van der Waals surface area contributed by atoms with Gasteiger partial charge in [-0.15, -0.1) is 0 Å². The van der Waals surface area contributed by atoms with Crippen LogP contribution >= 0.6 is 11.6 Å². The van der Waals surface area contributed by atoms with E-state index in [0.29, 0.717) is 35.3 Å². The molecule has 1 aliphatic rings. The van der Waals surface area contributed by atoms with E-state index >= 15 is 0 Å². The minimum Gasteiger partial charge on any atom is -0.383 e. The first-order chi connectivity index (χ1) is 8.69. The molecule has 0 atom stereocenters. The molecule has 18 heavy (non-hydrogen) atoms. The zero-order valence-electron chi connectivity index (χ0n) is 9.87.